The number of hydrogen-bond acceptors (Lipinski definition) is 2. The number of anilines is 2. The van der Waals surface area contributed by atoms with Gasteiger partial charge in [0.15, 0.2) is 0 Å². The van der Waals surface area contributed by atoms with Gasteiger partial charge in [-0.05, 0) is 52.9 Å². The fraction of sp³-hybridized carbons (Fsp3) is 0.429. The zero-order valence-electron chi connectivity index (χ0n) is 23.7. The topological polar surface area (TPSA) is 6.48 Å². The van der Waals surface area contributed by atoms with Gasteiger partial charge in [-0.1, -0.05) is 115 Å². The van der Waals surface area contributed by atoms with Gasteiger partial charge in [0.05, 0.1) is 6.04 Å². The number of allylic oxidation sites excluding steroid dienone is 3. The molecule has 0 N–H and O–H groups in total. The van der Waals surface area contributed by atoms with Crippen LogP contribution in [-0.2, 0) is 10.8 Å². The number of benzene rings is 3. The van der Waals surface area contributed by atoms with Gasteiger partial charge in [-0.2, -0.15) is 0 Å². The van der Waals surface area contributed by atoms with Gasteiger partial charge in [0.2, 0.25) is 0 Å². The summed E-state index contributed by atoms with van der Waals surface area (Å²) in [4.78, 5) is 5.24. The van der Waals surface area contributed by atoms with E-state index >= 15 is 0 Å². The first-order valence-corrected chi connectivity index (χ1v) is 14.4. The van der Waals surface area contributed by atoms with Crippen LogP contribution in [0.4, 0.5) is 11.4 Å². The number of rotatable bonds is 8. The van der Waals surface area contributed by atoms with E-state index < -0.39 is 0 Å². The molecule has 2 nitrogen and oxygen atoms in total. The quantitative estimate of drug-likeness (QED) is 0.309. The van der Waals surface area contributed by atoms with Crippen molar-refractivity contribution in [3.63, 3.8) is 0 Å². The normalized spacial score (nSPS) is 20.8. The zero-order chi connectivity index (χ0) is 26.2. The molecular weight excluding hydrogens is 448 g/mol. The van der Waals surface area contributed by atoms with Gasteiger partial charge >= 0.3 is 0 Å². The Morgan fingerprint density at radius 1 is 0.784 bits per heavy atom. The Bertz CT molecular complexity index is 1330. The molecule has 0 fully saturated rings. The van der Waals surface area contributed by atoms with Crippen LogP contribution in [0.2, 0.25) is 0 Å². The van der Waals surface area contributed by atoms with Crippen molar-refractivity contribution in [1.29, 1.82) is 0 Å². The Morgan fingerprint density at radius 3 is 2.27 bits per heavy atom. The van der Waals surface area contributed by atoms with Gasteiger partial charge in [0.1, 0.15) is 0 Å². The maximum Gasteiger partial charge on any atom is 0.0568 e. The van der Waals surface area contributed by atoms with Crippen molar-refractivity contribution >= 4 is 22.1 Å². The summed E-state index contributed by atoms with van der Waals surface area (Å²) in [5, 5.41) is 2.74. The van der Waals surface area contributed by atoms with Crippen LogP contribution < -0.4 is 9.80 Å². The third-order valence-corrected chi connectivity index (χ3v) is 8.77. The predicted molar refractivity (Wildman–Crippen MR) is 162 cm³/mol. The smallest absolute Gasteiger partial charge is 0.0568 e. The highest BCUT2D eigenvalue weighted by Crippen LogP contribution is 2.50. The molecule has 1 unspecified atom stereocenters. The van der Waals surface area contributed by atoms with Crippen LogP contribution in [0.3, 0.4) is 0 Å². The van der Waals surface area contributed by atoms with Crippen LogP contribution in [0.25, 0.3) is 10.8 Å². The maximum absolute atomic E-state index is 2.67. The monoisotopic (exact) mass is 492 g/mol. The summed E-state index contributed by atoms with van der Waals surface area (Å²) in [5.41, 5.74) is 7.17. The molecule has 3 aromatic rings. The van der Waals surface area contributed by atoms with Gasteiger partial charge < -0.3 is 9.80 Å². The third kappa shape index (κ3) is 4.29. The van der Waals surface area contributed by atoms with Crippen LogP contribution in [0.5, 0.6) is 0 Å². The first kappa shape index (κ1) is 25.6. The molecule has 0 aliphatic carbocycles. The number of para-hydroxylation sites is 1. The van der Waals surface area contributed by atoms with Gasteiger partial charge in [0.25, 0.3) is 0 Å². The number of unbranched alkanes of at least 4 members (excludes halogenated alkanes) is 2. The van der Waals surface area contributed by atoms with Gasteiger partial charge in [-0.3, -0.25) is 0 Å². The van der Waals surface area contributed by atoms with E-state index in [4.69, 9.17) is 0 Å². The average molecular weight is 493 g/mol. The molecule has 2 heterocycles. The van der Waals surface area contributed by atoms with Gasteiger partial charge in [-0.25, -0.2) is 0 Å². The fourth-order valence-corrected chi connectivity index (χ4v) is 6.75. The summed E-state index contributed by atoms with van der Waals surface area (Å²) in [7, 11) is 0. The predicted octanol–water partition coefficient (Wildman–Crippen LogP) is 9.14. The second-order valence-electron chi connectivity index (χ2n) is 12.0. The van der Waals surface area contributed by atoms with Gasteiger partial charge in [-0.15, -0.1) is 0 Å². The highest BCUT2D eigenvalue weighted by molar-refractivity contribution is 5.93. The van der Waals surface area contributed by atoms with Crippen molar-refractivity contribution in [3.05, 3.63) is 95.7 Å². The van der Waals surface area contributed by atoms with Crippen LogP contribution >= 0.6 is 0 Å². The van der Waals surface area contributed by atoms with Crippen molar-refractivity contribution in [3.8, 4) is 0 Å². The summed E-state index contributed by atoms with van der Waals surface area (Å²) >= 11 is 0. The van der Waals surface area contributed by atoms with Crippen LogP contribution in [0.15, 0.2) is 84.6 Å². The van der Waals surface area contributed by atoms with E-state index in [2.05, 4.69) is 130 Å². The number of fused-ring (bicyclic) bond motifs is 4. The van der Waals surface area contributed by atoms with E-state index in [1.165, 1.54) is 64.7 Å². The molecule has 2 aliphatic rings. The van der Waals surface area contributed by atoms with Crippen molar-refractivity contribution in [2.75, 3.05) is 22.9 Å². The molecule has 5 rings (SSSR count). The van der Waals surface area contributed by atoms with Crippen molar-refractivity contribution < 1.29 is 0 Å². The molecule has 194 valence electrons. The van der Waals surface area contributed by atoms with Crippen molar-refractivity contribution in [2.24, 2.45) is 0 Å². The lowest BCUT2D eigenvalue weighted by molar-refractivity contribution is 0.473. The minimum absolute atomic E-state index is 0.000925. The minimum Gasteiger partial charge on any atom is -0.364 e. The van der Waals surface area contributed by atoms with Crippen LogP contribution in [0.1, 0.15) is 78.4 Å². The number of hydrogen-bond donors (Lipinski definition) is 0. The molecule has 3 aromatic carbocycles. The molecule has 0 spiro atoms. The average Bonchev–Trinajstić information content (AvgIpc) is 3.25. The third-order valence-electron chi connectivity index (χ3n) is 8.77. The highest BCUT2D eigenvalue weighted by atomic mass is 15.2. The van der Waals surface area contributed by atoms with Crippen molar-refractivity contribution in [1.82, 2.24) is 0 Å². The minimum atomic E-state index is 0.000925. The Labute approximate surface area is 224 Å². The lowest BCUT2D eigenvalue weighted by Gasteiger charge is -2.32. The summed E-state index contributed by atoms with van der Waals surface area (Å²) in [6.07, 6.45) is 12.1. The molecule has 0 bridgehead atoms. The number of nitrogens with zero attached hydrogens (tertiary/aromatic N) is 2. The highest BCUT2D eigenvalue weighted by Gasteiger charge is 2.44. The van der Waals surface area contributed by atoms with Crippen molar-refractivity contribution in [2.45, 2.75) is 84.1 Å². The molecule has 0 saturated carbocycles. The molecule has 1 atom stereocenters. The Morgan fingerprint density at radius 2 is 1.49 bits per heavy atom. The largest absolute Gasteiger partial charge is 0.364 e. The van der Waals surface area contributed by atoms with E-state index in [0.29, 0.717) is 6.04 Å². The van der Waals surface area contributed by atoms with E-state index in [0.717, 1.165) is 13.1 Å². The van der Waals surface area contributed by atoms with E-state index in [-0.39, 0.29) is 10.8 Å². The molecule has 2 heteroatoms. The first-order chi connectivity index (χ1) is 17.8. The molecule has 0 aromatic heterocycles. The molecule has 0 saturated heterocycles. The Kier molecular flexibility index (Phi) is 6.96. The van der Waals surface area contributed by atoms with E-state index in [1.54, 1.807) is 0 Å². The Hall–Kier alpha value is -3.00. The van der Waals surface area contributed by atoms with Crippen LogP contribution in [-0.4, -0.2) is 19.1 Å². The van der Waals surface area contributed by atoms with E-state index in [9.17, 15) is 0 Å². The van der Waals surface area contributed by atoms with Gasteiger partial charge in [0, 0.05) is 41.0 Å². The summed E-state index contributed by atoms with van der Waals surface area (Å²) in [6.45, 7) is 16.4. The lowest BCUT2D eigenvalue weighted by Crippen LogP contribution is -2.40. The second-order valence-corrected chi connectivity index (χ2v) is 12.0. The lowest BCUT2D eigenvalue weighted by atomic mass is 9.78. The van der Waals surface area contributed by atoms with E-state index in [1.807, 2.05) is 0 Å². The standard InChI is InChI=1S/C35H44N2/c1-7-9-24-36-29-19-14-13-18-28(29)34(3,4)31(36)20-15-21-32-35(5,6)33-27-17-12-11-16-26(27)22-23-30(33)37(32)25-10-8-2/h11-23,32H,7-10,24-25H2,1-6H3/b21-15?,31-20+. The summed E-state index contributed by atoms with van der Waals surface area (Å²) in [5.74, 6) is 0. The first-order valence-electron chi connectivity index (χ1n) is 14.4. The molecule has 0 amide bonds. The molecule has 0 radical (unpaired) electrons. The Balaban J connectivity index is 1.54. The molecular formula is C35H44N2. The summed E-state index contributed by atoms with van der Waals surface area (Å²) in [6, 6.07) is 22.9. The fourth-order valence-electron chi connectivity index (χ4n) is 6.75. The van der Waals surface area contributed by atoms with Crippen LogP contribution in [0, 0.1) is 0 Å². The SMILES string of the molecule is CCCCN1/C(=C/C=CC2N(CCCC)c3ccc4ccccc4c3C2(C)C)C(C)(C)c2ccccc21. The maximum atomic E-state index is 2.67. The second kappa shape index (κ2) is 10.0. The summed E-state index contributed by atoms with van der Waals surface area (Å²) < 4.78 is 0. The molecule has 2 aliphatic heterocycles. The molecule has 37 heavy (non-hydrogen) atoms. The zero-order valence-corrected chi connectivity index (χ0v) is 23.7.